The van der Waals surface area contributed by atoms with E-state index in [0.29, 0.717) is 11.0 Å². The number of nitrogens with one attached hydrogen (secondary N) is 1. The summed E-state index contributed by atoms with van der Waals surface area (Å²) < 4.78 is 0. The number of nitrogens with zero attached hydrogens (tertiary/aromatic N) is 3. The highest BCUT2D eigenvalue weighted by atomic mass is 35.5. The maximum atomic E-state index is 9.64. The number of aliphatic hydroxyl groups is 1. The first kappa shape index (κ1) is 16.2. The molecule has 1 fully saturated rings. The Balaban J connectivity index is 1.65. The second kappa shape index (κ2) is 7.73. The molecular formula is C17H21ClN4O. The van der Waals surface area contributed by atoms with Gasteiger partial charge in [-0.2, -0.15) is 0 Å². The molecule has 0 amide bonds. The largest absolute Gasteiger partial charge is 0.396 e. The van der Waals surface area contributed by atoms with E-state index in [-0.39, 0.29) is 18.6 Å². The van der Waals surface area contributed by atoms with E-state index in [4.69, 9.17) is 11.6 Å². The van der Waals surface area contributed by atoms with E-state index in [1.54, 1.807) is 12.4 Å². The molecule has 1 aliphatic rings. The van der Waals surface area contributed by atoms with Crippen molar-refractivity contribution in [1.82, 2.24) is 14.9 Å². The average molecular weight is 333 g/mol. The quantitative estimate of drug-likeness (QED) is 0.880. The molecule has 2 aromatic rings. The molecule has 0 unspecified atom stereocenters. The van der Waals surface area contributed by atoms with Gasteiger partial charge < -0.3 is 10.4 Å². The number of aliphatic hydroxyl groups excluding tert-OH is 1. The Bertz CT molecular complexity index is 608. The van der Waals surface area contributed by atoms with E-state index in [0.717, 1.165) is 26.1 Å². The highest BCUT2D eigenvalue weighted by Gasteiger charge is 2.29. The van der Waals surface area contributed by atoms with Crippen LogP contribution in [-0.4, -0.2) is 45.7 Å². The smallest absolute Gasteiger partial charge is 0.222 e. The van der Waals surface area contributed by atoms with E-state index >= 15 is 0 Å². The zero-order valence-corrected chi connectivity index (χ0v) is 13.7. The molecule has 122 valence electrons. The molecule has 0 radical (unpaired) electrons. The molecule has 23 heavy (non-hydrogen) atoms. The van der Waals surface area contributed by atoms with Crippen molar-refractivity contribution < 1.29 is 5.11 Å². The number of anilines is 1. The van der Waals surface area contributed by atoms with Crippen molar-refractivity contribution in [3.63, 3.8) is 0 Å². The van der Waals surface area contributed by atoms with Crippen molar-refractivity contribution in [2.75, 3.05) is 25.0 Å². The van der Waals surface area contributed by atoms with Gasteiger partial charge in [-0.15, -0.1) is 0 Å². The molecule has 1 saturated heterocycles. The lowest BCUT2D eigenvalue weighted by Gasteiger charge is -2.38. The van der Waals surface area contributed by atoms with E-state index in [1.807, 2.05) is 6.07 Å². The molecule has 1 aromatic carbocycles. The zero-order valence-electron chi connectivity index (χ0n) is 12.9. The molecule has 0 saturated carbocycles. The molecule has 2 heterocycles. The highest BCUT2D eigenvalue weighted by Crippen LogP contribution is 2.22. The van der Waals surface area contributed by atoms with Crippen LogP contribution in [0.15, 0.2) is 42.7 Å². The maximum absolute atomic E-state index is 9.64. The van der Waals surface area contributed by atoms with Gasteiger partial charge in [0.25, 0.3) is 0 Å². The first-order chi connectivity index (χ1) is 11.2. The molecule has 3 rings (SSSR count). The van der Waals surface area contributed by atoms with Crippen LogP contribution >= 0.6 is 11.6 Å². The van der Waals surface area contributed by atoms with Gasteiger partial charge in [-0.3, -0.25) is 4.90 Å². The third kappa shape index (κ3) is 4.41. The van der Waals surface area contributed by atoms with Gasteiger partial charge in [-0.05, 0) is 18.5 Å². The Labute approximate surface area is 141 Å². The first-order valence-corrected chi connectivity index (χ1v) is 8.23. The lowest BCUT2D eigenvalue weighted by atomic mass is 9.92. The van der Waals surface area contributed by atoms with Crippen molar-refractivity contribution >= 4 is 17.5 Å². The lowest BCUT2D eigenvalue weighted by molar-refractivity contribution is 0.114. The van der Waals surface area contributed by atoms with Crippen molar-refractivity contribution in [3.8, 4) is 0 Å². The van der Waals surface area contributed by atoms with Crippen molar-refractivity contribution in [1.29, 1.82) is 0 Å². The van der Waals surface area contributed by atoms with Crippen LogP contribution in [0.25, 0.3) is 0 Å². The Hall–Kier alpha value is -1.69. The summed E-state index contributed by atoms with van der Waals surface area (Å²) in [5.74, 6) is 0.765. The average Bonchev–Trinajstić information content (AvgIpc) is 2.58. The summed E-state index contributed by atoms with van der Waals surface area (Å²) in [4.78, 5) is 10.8. The first-order valence-electron chi connectivity index (χ1n) is 7.86. The van der Waals surface area contributed by atoms with Crippen LogP contribution in [0.4, 0.5) is 5.95 Å². The molecule has 2 atom stereocenters. The molecular weight excluding hydrogens is 312 g/mol. The lowest BCUT2D eigenvalue weighted by Crippen LogP contribution is -2.48. The van der Waals surface area contributed by atoms with Crippen LogP contribution in [0, 0.1) is 5.92 Å². The number of piperidine rings is 1. The normalized spacial score (nSPS) is 22.0. The second-order valence-corrected chi connectivity index (χ2v) is 6.36. The summed E-state index contributed by atoms with van der Waals surface area (Å²) >= 11 is 5.82. The molecule has 6 heteroatoms. The number of hydrogen-bond donors (Lipinski definition) is 2. The number of hydrogen-bond acceptors (Lipinski definition) is 5. The van der Waals surface area contributed by atoms with Crippen molar-refractivity contribution in [2.24, 2.45) is 5.92 Å². The van der Waals surface area contributed by atoms with Crippen LogP contribution in [0.3, 0.4) is 0 Å². The van der Waals surface area contributed by atoms with Crippen LogP contribution in [0.2, 0.25) is 5.02 Å². The van der Waals surface area contributed by atoms with Gasteiger partial charge >= 0.3 is 0 Å². The van der Waals surface area contributed by atoms with Gasteiger partial charge in [0, 0.05) is 31.7 Å². The maximum Gasteiger partial charge on any atom is 0.222 e. The minimum atomic E-state index is 0.124. The standard InChI is InChI=1S/C17H21ClN4O/c18-15-8-19-17(20-9-15)21-16-11-22(7-6-14(16)12-23)10-13-4-2-1-3-5-13/h1-5,8-9,14,16,23H,6-7,10-12H2,(H,19,20,21)/t14-,16-/m1/s1. The van der Waals surface area contributed by atoms with Crippen LogP contribution < -0.4 is 5.32 Å². The van der Waals surface area contributed by atoms with E-state index in [9.17, 15) is 5.11 Å². The number of aromatic nitrogens is 2. The summed E-state index contributed by atoms with van der Waals surface area (Å²) in [5, 5.41) is 13.5. The van der Waals surface area contributed by atoms with Gasteiger partial charge in [0.15, 0.2) is 0 Å². The molecule has 1 aromatic heterocycles. The van der Waals surface area contributed by atoms with Gasteiger partial charge in [0.1, 0.15) is 0 Å². The molecule has 0 bridgehead atoms. The number of halogens is 1. The SMILES string of the molecule is OC[C@H]1CCN(Cc2ccccc2)C[C@H]1Nc1ncc(Cl)cn1. The third-order valence-electron chi connectivity index (χ3n) is 4.26. The fraction of sp³-hybridized carbons (Fsp3) is 0.412. The van der Waals surface area contributed by atoms with Gasteiger partial charge in [-0.25, -0.2) is 9.97 Å². The number of benzene rings is 1. The van der Waals surface area contributed by atoms with Crippen LogP contribution in [0.1, 0.15) is 12.0 Å². The zero-order chi connectivity index (χ0) is 16.1. The molecule has 2 N–H and O–H groups in total. The van der Waals surface area contributed by atoms with Gasteiger partial charge in [-0.1, -0.05) is 41.9 Å². The van der Waals surface area contributed by atoms with E-state index < -0.39 is 0 Å². The Kier molecular flexibility index (Phi) is 5.43. The number of likely N-dealkylation sites (tertiary alicyclic amines) is 1. The summed E-state index contributed by atoms with van der Waals surface area (Å²) in [7, 11) is 0. The minimum Gasteiger partial charge on any atom is -0.396 e. The predicted octanol–water partition coefficient (Wildman–Crippen LogP) is 2.42. The summed E-state index contributed by atoms with van der Waals surface area (Å²) in [6.45, 7) is 2.93. The summed E-state index contributed by atoms with van der Waals surface area (Å²) in [5.41, 5.74) is 1.30. The molecule has 1 aliphatic heterocycles. The summed E-state index contributed by atoms with van der Waals surface area (Å²) in [6, 6.07) is 10.6. The number of rotatable bonds is 5. The highest BCUT2D eigenvalue weighted by molar-refractivity contribution is 6.30. The Morgan fingerprint density at radius 1 is 1.22 bits per heavy atom. The fourth-order valence-electron chi connectivity index (χ4n) is 2.99. The second-order valence-electron chi connectivity index (χ2n) is 5.93. The minimum absolute atomic E-state index is 0.124. The van der Waals surface area contributed by atoms with E-state index in [1.165, 1.54) is 5.56 Å². The Morgan fingerprint density at radius 3 is 2.65 bits per heavy atom. The Morgan fingerprint density at radius 2 is 1.96 bits per heavy atom. The van der Waals surface area contributed by atoms with Crippen LogP contribution in [-0.2, 0) is 6.54 Å². The van der Waals surface area contributed by atoms with Crippen molar-refractivity contribution in [3.05, 3.63) is 53.3 Å². The monoisotopic (exact) mass is 332 g/mol. The molecule has 0 aliphatic carbocycles. The van der Waals surface area contributed by atoms with Crippen molar-refractivity contribution in [2.45, 2.75) is 19.0 Å². The summed E-state index contributed by atoms with van der Waals surface area (Å²) in [6.07, 6.45) is 4.11. The fourth-order valence-corrected chi connectivity index (χ4v) is 3.09. The molecule has 0 spiro atoms. The van der Waals surface area contributed by atoms with E-state index in [2.05, 4.69) is 44.5 Å². The van der Waals surface area contributed by atoms with Gasteiger partial charge in [0.2, 0.25) is 5.95 Å². The van der Waals surface area contributed by atoms with Gasteiger partial charge in [0.05, 0.1) is 17.4 Å². The predicted molar refractivity (Wildman–Crippen MR) is 91.4 cm³/mol. The van der Waals surface area contributed by atoms with Crippen LogP contribution in [0.5, 0.6) is 0 Å². The topological polar surface area (TPSA) is 61.3 Å². The third-order valence-corrected chi connectivity index (χ3v) is 4.45. The molecule has 5 nitrogen and oxygen atoms in total.